The second-order valence-electron chi connectivity index (χ2n) is 16.8. The Balaban J connectivity index is 0.983. The van der Waals surface area contributed by atoms with E-state index in [4.69, 9.17) is 9.15 Å². The lowest BCUT2D eigenvalue weighted by atomic mass is 9.58. The van der Waals surface area contributed by atoms with Crippen molar-refractivity contribution in [2.24, 2.45) is 0 Å². The lowest BCUT2D eigenvalue weighted by Crippen LogP contribution is -2.36. The summed E-state index contributed by atoms with van der Waals surface area (Å²) in [4.78, 5) is 2.36. The summed E-state index contributed by atoms with van der Waals surface area (Å²) in [7, 11) is 0. The van der Waals surface area contributed by atoms with E-state index in [1.807, 2.05) is 12.1 Å². The van der Waals surface area contributed by atoms with E-state index >= 15 is 0 Å². The molecule has 0 N–H and O–H groups in total. The van der Waals surface area contributed by atoms with Crippen molar-refractivity contribution in [2.45, 2.75) is 5.41 Å². The van der Waals surface area contributed by atoms with Gasteiger partial charge in [-0.2, -0.15) is 0 Å². The van der Waals surface area contributed by atoms with Gasteiger partial charge in [-0.05, 0) is 106 Å². The standard InChI is InChI=1S/C59H36N2O2/c1-2-16-38(17-3-1)60(39-29-32-53-46(34-39)43-19-5-9-25-52(43)61(53)40-30-33-55-47(35-40)44-20-6-10-26-54(44)62-55)41-28-31-50-57(36-41)63-56-27-11-8-23-49(56)59(50)48-22-7-4-18-42(48)45-21-12-14-37-15-13-24-51(59)58(37)45/h1-36H. The first kappa shape index (κ1) is 34.4. The van der Waals surface area contributed by atoms with Gasteiger partial charge in [-0.25, -0.2) is 0 Å². The third-order valence-corrected chi connectivity index (χ3v) is 13.6. The van der Waals surface area contributed by atoms with E-state index in [-0.39, 0.29) is 0 Å². The van der Waals surface area contributed by atoms with Crippen molar-refractivity contribution >= 4 is 71.6 Å². The smallest absolute Gasteiger partial charge is 0.135 e. The molecule has 1 spiro atoms. The van der Waals surface area contributed by atoms with Crippen molar-refractivity contribution in [2.75, 3.05) is 4.90 Å². The molecule has 4 nitrogen and oxygen atoms in total. The third-order valence-electron chi connectivity index (χ3n) is 13.6. The highest BCUT2D eigenvalue weighted by Crippen LogP contribution is 2.61. The molecule has 63 heavy (non-hydrogen) atoms. The number of fused-ring (bicyclic) bond motifs is 14. The molecule has 10 aromatic carbocycles. The summed E-state index contributed by atoms with van der Waals surface area (Å²) in [5.74, 6) is 1.72. The molecular formula is C59H36N2O2. The van der Waals surface area contributed by atoms with Gasteiger partial charge in [-0.3, -0.25) is 0 Å². The first-order chi connectivity index (χ1) is 31.2. The van der Waals surface area contributed by atoms with Crippen LogP contribution in [0.5, 0.6) is 11.5 Å². The van der Waals surface area contributed by atoms with Gasteiger partial charge in [0.2, 0.25) is 0 Å². The number of aromatic nitrogens is 1. The molecule has 1 atom stereocenters. The maximum atomic E-state index is 7.06. The summed E-state index contributed by atoms with van der Waals surface area (Å²) in [5, 5.41) is 7.13. The molecule has 4 heteroatoms. The molecule has 1 aliphatic heterocycles. The van der Waals surface area contributed by atoms with Gasteiger partial charge < -0.3 is 18.6 Å². The van der Waals surface area contributed by atoms with Gasteiger partial charge in [0, 0.05) is 61.5 Å². The second-order valence-corrected chi connectivity index (χ2v) is 16.8. The summed E-state index contributed by atoms with van der Waals surface area (Å²) in [6, 6.07) is 79.0. The van der Waals surface area contributed by atoms with E-state index < -0.39 is 5.41 Å². The van der Waals surface area contributed by atoms with Crippen molar-refractivity contribution in [1.29, 1.82) is 0 Å². The third kappa shape index (κ3) is 4.69. The van der Waals surface area contributed by atoms with Crippen molar-refractivity contribution in [3.63, 3.8) is 0 Å². The van der Waals surface area contributed by atoms with Crippen LogP contribution in [0, 0.1) is 0 Å². The number of para-hydroxylation sites is 4. The van der Waals surface area contributed by atoms with Crippen LogP contribution in [0.2, 0.25) is 0 Å². The highest BCUT2D eigenvalue weighted by molar-refractivity contribution is 6.12. The Labute approximate surface area is 363 Å². The minimum absolute atomic E-state index is 0.600. The van der Waals surface area contributed by atoms with Gasteiger partial charge in [0.25, 0.3) is 0 Å². The summed E-state index contributed by atoms with van der Waals surface area (Å²) in [6.07, 6.45) is 0. The number of hydrogen-bond acceptors (Lipinski definition) is 3. The fraction of sp³-hybridized carbons (Fsp3) is 0.0169. The Morgan fingerprint density at radius 1 is 0.381 bits per heavy atom. The van der Waals surface area contributed by atoms with E-state index in [0.29, 0.717) is 0 Å². The van der Waals surface area contributed by atoms with E-state index in [9.17, 15) is 0 Å². The average molecular weight is 805 g/mol. The van der Waals surface area contributed by atoms with Crippen molar-refractivity contribution in [3.05, 3.63) is 241 Å². The molecule has 2 aliphatic rings. The van der Waals surface area contributed by atoms with Crippen LogP contribution < -0.4 is 9.64 Å². The van der Waals surface area contributed by atoms with E-state index in [1.165, 1.54) is 43.8 Å². The van der Waals surface area contributed by atoms with Crippen LogP contribution >= 0.6 is 0 Å². The number of anilines is 3. The SMILES string of the molecule is c1ccc(N(c2ccc3c(c2)Oc2ccccc2C32c3ccccc3-c3cccc4cccc2c34)c2ccc3c(c2)c2ccccc2n3-c2ccc3oc4ccccc4c3c2)cc1. The second kappa shape index (κ2) is 12.8. The Morgan fingerprint density at radius 2 is 1.05 bits per heavy atom. The summed E-state index contributed by atoms with van der Waals surface area (Å²) in [6.45, 7) is 0. The molecule has 0 saturated heterocycles. The number of nitrogens with zero attached hydrogens (tertiary/aromatic N) is 2. The largest absolute Gasteiger partial charge is 0.457 e. The van der Waals surface area contributed by atoms with Crippen LogP contribution in [0.3, 0.4) is 0 Å². The van der Waals surface area contributed by atoms with E-state index in [2.05, 4.69) is 216 Å². The number of benzene rings is 10. The molecule has 0 fully saturated rings. The molecule has 12 aromatic rings. The predicted octanol–water partition coefficient (Wildman–Crippen LogP) is 15.8. The molecule has 0 radical (unpaired) electrons. The first-order valence-electron chi connectivity index (χ1n) is 21.6. The van der Waals surface area contributed by atoms with E-state index in [0.717, 1.165) is 78.3 Å². The maximum Gasteiger partial charge on any atom is 0.135 e. The van der Waals surface area contributed by atoms with Gasteiger partial charge >= 0.3 is 0 Å². The Morgan fingerprint density at radius 3 is 1.97 bits per heavy atom. The maximum absolute atomic E-state index is 7.06. The molecule has 294 valence electrons. The van der Waals surface area contributed by atoms with Crippen LogP contribution in [0.1, 0.15) is 22.3 Å². The number of rotatable bonds is 4. The van der Waals surface area contributed by atoms with Crippen LogP contribution in [0.15, 0.2) is 223 Å². The minimum atomic E-state index is -0.600. The predicted molar refractivity (Wildman–Crippen MR) is 258 cm³/mol. The van der Waals surface area contributed by atoms with E-state index in [1.54, 1.807) is 0 Å². The normalized spacial score (nSPS) is 14.9. The summed E-state index contributed by atoms with van der Waals surface area (Å²) in [5.41, 5.74) is 15.1. The zero-order valence-electron chi connectivity index (χ0n) is 34.0. The zero-order valence-corrected chi connectivity index (χ0v) is 34.0. The Bertz CT molecular complexity index is 3850. The highest BCUT2D eigenvalue weighted by atomic mass is 16.5. The van der Waals surface area contributed by atoms with Gasteiger partial charge in [0.15, 0.2) is 0 Å². The molecule has 0 saturated carbocycles. The number of ether oxygens (including phenoxy) is 1. The molecule has 1 unspecified atom stereocenters. The van der Waals surface area contributed by atoms with Crippen molar-refractivity contribution in [1.82, 2.24) is 4.57 Å². The van der Waals surface area contributed by atoms with Crippen molar-refractivity contribution < 1.29 is 9.15 Å². The fourth-order valence-electron chi connectivity index (χ4n) is 11.1. The number of furan rings is 1. The van der Waals surface area contributed by atoms with Gasteiger partial charge in [-0.15, -0.1) is 0 Å². The monoisotopic (exact) mass is 804 g/mol. The Kier molecular flexibility index (Phi) is 7.01. The minimum Gasteiger partial charge on any atom is -0.457 e. The average Bonchev–Trinajstić information content (AvgIpc) is 3.88. The molecule has 2 aromatic heterocycles. The fourth-order valence-corrected chi connectivity index (χ4v) is 11.1. The molecular weight excluding hydrogens is 769 g/mol. The first-order valence-corrected chi connectivity index (χ1v) is 21.6. The lowest BCUT2D eigenvalue weighted by Gasteiger charge is -2.45. The van der Waals surface area contributed by atoms with Crippen LogP contribution in [-0.4, -0.2) is 4.57 Å². The van der Waals surface area contributed by atoms with Gasteiger partial charge in [-0.1, -0.05) is 140 Å². The summed E-state index contributed by atoms with van der Waals surface area (Å²) < 4.78 is 15.7. The van der Waals surface area contributed by atoms with Crippen LogP contribution in [0.4, 0.5) is 17.1 Å². The molecule has 0 amide bonds. The summed E-state index contributed by atoms with van der Waals surface area (Å²) >= 11 is 0. The van der Waals surface area contributed by atoms with Gasteiger partial charge in [0.1, 0.15) is 22.7 Å². The van der Waals surface area contributed by atoms with Gasteiger partial charge in [0.05, 0.1) is 16.4 Å². The highest BCUT2D eigenvalue weighted by Gasteiger charge is 2.49. The molecule has 1 aliphatic carbocycles. The van der Waals surface area contributed by atoms with Crippen molar-refractivity contribution in [3.8, 4) is 28.3 Å². The molecule has 14 rings (SSSR count). The quantitative estimate of drug-likeness (QED) is 0.178. The Hall–Kier alpha value is -8.34. The molecule has 0 bridgehead atoms. The lowest BCUT2D eigenvalue weighted by molar-refractivity contribution is 0.435. The molecule has 3 heterocycles. The van der Waals surface area contributed by atoms with Crippen LogP contribution in [-0.2, 0) is 5.41 Å². The zero-order chi connectivity index (χ0) is 41.2. The topological polar surface area (TPSA) is 30.5 Å². The number of hydrogen-bond donors (Lipinski definition) is 0. The van der Waals surface area contributed by atoms with Crippen LogP contribution in [0.25, 0.3) is 71.3 Å².